The number of carbonyl (C=O) groups is 4. The maximum atomic E-state index is 13.0. The van der Waals surface area contributed by atoms with Gasteiger partial charge in [-0.15, -0.1) is 0 Å². The third-order valence-corrected chi connectivity index (χ3v) is 11.8. The second kappa shape index (κ2) is 25.4. The number of rotatable bonds is 18. The molecule has 0 aliphatic rings. The molecule has 0 unspecified atom stereocenters. The van der Waals surface area contributed by atoms with Crippen molar-refractivity contribution in [3.63, 3.8) is 0 Å². The van der Waals surface area contributed by atoms with Gasteiger partial charge in [-0.25, -0.2) is 19.2 Å². The molecule has 0 aliphatic heterocycles. The molecule has 7 aromatic rings. The summed E-state index contributed by atoms with van der Waals surface area (Å²) in [6.45, 7) is 19.9. The Kier molecular flexibility index (Phi) is 18.6. The minimum Gasteiger partial charge on any atom is -0.481 e. The van der Waals surface area contributed by atoms with Crippen molar-refractivity contribution >= 4 is 23.9 Å². The molecule has 0 radical (unpaired) electrons. The minimum atomic E-state index is -0.727. The van der Waals surface area contributed by atoms with Gasteiger partial charge in [-0.1, -0.05) is 103 Å². The lowest BCUT2D eigenvalue weighted by molar-refractivity contribution is -0.158. The van der Waals surface area contributed by atoms with E-state index in [1.165, 1.54) is 0 Å². The van der Waals surface area contributed by atoms with E-state index in [1.807, 2.05) is 109 Å². The Bertz CT molecular complexity index is 3540. The van der Waals surface area contributed by atoms with Gasteiger partial charge in [0.15, 0.2) is 26.4 Å². The molecule has 7 rings (SSSR count). The third-order valence-electron chi connectivity index (χ3n) is 11.8. The molecule has 14 heteroatoms. The van der Waals surface area contributed by atoms with Crippen LogP contribution in [0.4, 0.5) is 0 Å². The van der Waals surface area contributed by atoms with Gasteiger partial charge in [0.05, 0.1) is 17.2 Å². The predicted octanol–water partition coefficient (Wildman–Crippen LogP) is 14.3. The van der Waals surface area contributed by atoms with Crippen LogP contribution in [0.2, 0.25) is 0 Å². The highest BCUT2D eigenvalue weighted by Crippen LogP contribution is 2.41. The van der Waals surface area contributed by atoms with E-state index in [0.717, 1.165) is 44.5 Å². The first-order valence-electron chi connectivity index (χ1n) is 26.7. The Hall–Kier alpha value is -9.40. The van der Waals surface area contributed by atoms with Crippen molar-refractivity contribution in [2.24, 2.45) is 0 Å². The van der Waals surface area contributed by atoms with E-state index < -0.39 is 46.3 Å². The highest BCUT2D eigenvalue weighted by Gasteiger charge is 2.23. The monoisotopic (exact) mass is 1100 g/mol. The number of hydrogen-bond donors (Lipinski definition) is 0. The van der Waals surface area contributed by atoms with Gasteiger partial charge >= 0.3 is 23.9 Å². The first-order valence-corrected chi connectivity index (χ1v) is 26.7. The normalized spacial score (nSPS) is 11.5. The maximum Gasteiger partial charge on any atom is 0.344 e. The Morgan fingerprint density at radius 2 is 0.561 bits per heavy atom. The summed E-state index contributed by atoms with van der Waals surface area (Å²) >= 11 is 0. The molecule has 14 nitrogen and oxygen atoms in total. The number of ether oxygens (including phenoxy) is 8. The quantitative estimate of drug-likeness (QED) is 0.0582. The summed E-state index contributed by atoms with van der Waals surface area (Å²) in [4.78, 5) is 51.3. The van der Waals surface area contributed by atoms with Gasteiger partial charge in [0.25, 0.3) is 0 Å². The summed E-state index contributed by atoms with van der Waals surface area (Å²) in [6, 6.07) is 49.2. The Labute approximate surface area is 480 Å². The van der Waals surface area contributed by atoms with E-state index in [-0.39, 0.29) is 37.7 Å². The molecule has 0 amide bonds. The lowest BCUT2D eigenvalue weighted by atomic mass is 9.94. The molecule has 0 heterocycles. The van der Waals surface area contributed by atoms with E-state index in [2.05, 4.69) is 12.1 Å². The summed E-state index contributed by atoms with van der Waals surface area (Å²) in [5, 5.41) is 19.3. The van der Waals surface area contributed by atoms with Crippen molar-refractivity contribution < 1.29 is 57.1 Å². The fourth-order valence-corrected chi connectivity index (χ4v) is 8.53. The molecule has 82 heavy (non-hydrogen) atoms. The Morgan fingerprint density at radius 3 is 0.841 bits per heavy atom. The largest absolute Gasteiger partial charge is 0.481 e. The van der Waals surface area contributed by atoms with Crippen LogP contribution in [0.3, 0.4) is 0 Å². The summed E-state index contributed by atoms with van der Waals surface area (Å²) < 4.78 is 46.5. The number of esters is 4. The number of carbonyl (C=O) groups excluding carboxylic acids is 4. The standard InChI is InChI=1S/C68H68N2O12/c1-65(2,3)79-61(71)39-75-57-33-49(25-26-53(57)38-70)50-27-31-55(59(34-50)77-41-63(73)81-67(7,8)9)47-21-17-44(18-22-47)45-19-23-48(24-20-45)56-32-29-52(36-60(56)78-42-64(74)82-68(10,11)12)51-28-30-54(46-15-13-43(37-69)14-16-46)58(35-51)76-40-62(72)80-66(4,5)6/h13-36H,39-42H2,1-12H3. The molecule has 0 atom stereocenters. The Morgan fingerprint density at radius 1 is 0.317 bits per heavy atom. The van der Waals surface area contributed by atoms with E-state index >= 15 is 0 Å². The molecule has 0 saturated carbocycles. The minimum absolute atomic E-state index is 0.208. The molecule has 0 aliphatic carbocycles. The zero-order valence-electron chi connectivity index (χ0n) is 48.5. The van der Waals surface area contributed by atoms with Crippen LogP contribution in [0.1, 0.15) is 94.2 Å². The molecule has 0 N–H and O–H groups in total. The second-order valence-electron chi connectivity index (χ2n) is 23.3. The van der Waals surface area contributed by atoms with Crippen LogP contribution < -0.4 is 18.9 Å². The van der Waals surface area contributed by atoms with E-state index in [4.69, 9.17) is 37.9 Å². The molecule has 0 spiro atoms. The third kappa shape index (κ3) is 17.3. The van der Waals surface area contributed by atoms with Gasteiger partial charge in [0.2, 0.25) is 0 Å². The lowest BCUT2D eigenvalue weighted by Crippen LogP contribution is -2.27. The Balaban J connectivity index is 1.18. The van der Waals surface area contributed by atoms with Crippen LogP contribution in [0.25, 0.3) is 66.8 Å². The summed E-state index contributed by atoms with van der Waals surface area (Å²) in [5.74, 6) is -0.720. The zero-order valence-corrected chi connectivity index (χ0v) is 48.5. The topological polar surface area (TPSA) is 190 Å². The molecule has 422 valence electrons. The molecule has 0 aromatic heterocycles. The van der Waals surface area contributed by atoms with Crippen LogP contribution in [0.15, 0.2) is 146 Å². The van der Waals surface area contributed by atoms with E-state index in [0.29, 0.717) is 45.1 Å². The molecule has 0 saturated heterocycles. The van der Waals surface area contributed by atoms with Crippen molar-refractivity contribution in [3.05, 3.63) is 157 Å². The smallest absolute Gasteiger partial charge is 0.344 e. The SMILES string of the molecule is CC(C)(C)OC(=O)COc1cc(-c2ccc(-c3ccc(-c4ccc(-c5ccc(-c6ccc(-c7ccc(C#N)cc7)c(OCC(=O)OC(C)(C)C)c6)cc5OCC(=O)OC(C)(C)C)cc4)cc3)c(OCC(=O)OC(C)(C)C)c2)ccc1C#N. The fourth-order valence-electron chi connectivity index (χ4n) is 8.53. The lowest BCUT2D eigenvalue weighted by Gasteiger charge is -2.21. The van der Waals surface area contributed by atoms with Crippen LogP contribution in [-0.4, -0.2) is 72.7 Å². The number of nitriles is 2. The van der Waals surface area contributed by atoms with Gasteiger partial charge in [0.1, 0.15) is 51.5 Å². The predicted molar refractivity (Wildman–Crippen MR) is 314 cm³/mol. The molecular formula is C68H68N2O12. The van der Waals surface area contributed by atoms with Crippen LogP contribution >= 0.6 is 0 Å². The summed E-state index contributed by atoms with van der Waals surface area (Å²) in [7, 11) is 0. The van der Waals surface area contributed by atoms with Gasteiger partial charge in [-0.2, -0.15) is 10.5 Å². The molecule has 7 aromatic carbocycles. The highest BCUT2D eigenvalue weighted by molar-refractivity contribution is 5.84. The first-order chi connectivity index (χ1) is 38.6. The van der Waals surface area contributed by atoms with Gasteiger partial charge < -0.3 is 37.9 Å². The van der Waals surface area contributed by atoms with Crippen molar-refractivity contribution in [1.29, 1.82) is 10.5 Å². The molecular weight excluding hydrogens is 1040 g/mol. The highest BCUT2D eigenvalue weighted by atomic mass is 16.6. The fraction of sp³-hybridized carbons (Fsp3) is 0.294. The maximum absolute atomic E-state index is 13.0. The average molecular weight is 1110 g/mol. The zero-order chi connectivity index (χ0) is 59.6. The van der Waals surface area contributed by atoms with Gasteiger partial charge in [-0.05, 0) is 176 Å². The summed E-state index contributed by atoms with van der Waals surface area (Å²) in [5.41, 5.74) is 7.12. The van der Waals surface area contributed by atoms with Crippen molar-refractivity contribution in [2.45, 2.75) is 105 Å². The first kappa shape index (κ1) is 60.2. The van der Waals surface area contributed by atoms with Crippen molar-refractivity contribution in [3.8, 4) is 102 Å². The number of nitrogens with zero attached hydrogens (tertiary/aromatic N) is 2. The van der Waals surface area contributed by atoms with Crippen LogP contribution in [0.5, 0.6) is 23.0 Å². The second-order valence-corrected chi connectivity index (χ2v) is 23.3. The van der Waals surface area contributed by atoms with Crippen LogP contribution in [-0.2, 0) is 38.1 Å². The van der Waals surface area contributed by atoms with Crippen LogP contribution in [0, 0.1) is 22.7 Å². The van der Waals surface area contributed by atoms with Crippen molar-refractivity contribution in [2.75, 3.05) is 26.4 Å². The number of hydrogen-bond acceptors (Lipinski definition) is 14. The molecule has 0 fully saturated rings. The molecule has 0 bridgehead atoms. The van der Waals surface area contributed by atoms with Crippen molar-refractivity contribution in [1.82, 2.24) is 0 Å². The van der Waals surface area contributed by atoms with Gasteiger partial charge in [0, 0.05) is 16.7 Å². The number of benzene rings is 7. The van der Waals surface area contributed by atoms with E-state index in [1.54, 1.807) is 119 Å². The van der Waals surface area contributed by atoms with E-state index in [9.17, 15) is 29.7 Å². The summed E-state index contributed by atoms with van der Waals surface area (Å²) in [6.07, 6.45) is 0. The van der Waals surface area contributed by atoms with Gasteiger partial charge in [-0.3, -0.25) is 0 Å². The average Bonchev–Trinajstić information content (AvgIpc) is 3.63.